The second-order valence-corrected chi connectivity index (χ2v) is 2.91. The van der Waals surface area contributed by atoms with Crippen LogP contribution in [0.4, 0.5) is 15.8 Å². The van der Waals surface area contributed by atoms with E-state index in [0.29, 0.717) is 10.2 Å². The average Bonchev–Trinajstić information content (AvgIpc) is 1.96. The minimum absolute atomic E-state index is 0.0238. The molecule has 11 heavy (non-hydrogen) atoms. The van der Waals surface area contributed by atoms with E-state index in [-0.39, 0.29) is 5.69 Å². The molecule has 5 heteroatoms. The van der Waals surface area contributed by atoms with Crippen molar-refractivity contribution in [3.8, 4) is 0 Å². The number of halogens is 2. The summed E-state index contributed by atoms with van der Waals surface area (Å²) in [6.45, 7) is 0. The molecule has 0 fully saturated rings. The maximum atomic E-state index is 12.8. The van der Waals surface area contributed by atoms with Crippen molar-refractivity contribution in [1.82, 2.24) is 0 Å². The Hall–Kier alpha value is -0.810. The van der Waals surface area contributed by atoms with Crippen LogP contribution in [0, 0.1) is 5.82 Å². The minimum Gasteiger partial charge on any atom is -0.395 e. The van der Waals surface area contributed by atoms with Gasteiger partial charge in [-0.1, -0.05) is 15.9 Å². The first-order chi connectivity index (χ1) is 5.15. The lowest BCUT2D eigenvalue weighted by Crippen LogP contribution is -2.09. The normalized spacial score (nSPS) is 9.73. The molecule has 0 aliphatic carbocycles. The molecule has 0 aliphatic heterocycles. The summed E-state index contributed by atoms with van der Waals surface area (Å²) >= 11 is 3.10. The van der Waals surface area contributed by atoms with Gasteiger partial charge < -0.3 is 11.2 Å². The lowest BCUT2D eigenvalue weighted by Gasteiger charge is -2.05. The molecule has 3 nitrogen and oxygen atoms in total. The van der Waals surface area contributed by atoms with Gasteiger partial charge in [-0.15, -0.1) is 0 Å². The Morgan fingerprint density at radius 3 is 2.64 bits per heavy atom. The zero-order valence-corrected chi connectivity index (χ0v) is 7.15. The molecule has 1 aromatic carbocycles. The quantitative estimate of drug-likeness (QED) is 0.381. The predicted molar refractivity (Wildman–Crippen MR) is 46.3 cm³/mol. The number of nitrogen functional groups attached to an aromatic ring is 2. The molecule has 1 rings (SSSR count). The highest BCUT2D eigenvalue weighted by Gasteiger charge is 2.04. The molecule has 1 aromatic rings. The summed E-state index contributed by atoms with van der Waals surface area (Å²) in [5.41, 5.74) is 8.00. The Morgan fingerprint density at radius 2 is 2.09 bits per heavy atom. The fraction of sp³-hybridized carbons (Fsp3) is 0. The summed E-state index contributed by atoms with van der Waals surface area (Å²) in [4.78, 5) is 0. The van der Waals surface area contributed by atoms with Crippen molar-refractivity contribution in [3.63, 3.8) is 0 Å². The predicted octanol–water partition coefficient (Wildman–Crippen LogP) is 1.46. The first-order valence-electron chi connectivity index (χ1n) is 2.86. The number of nitrogens with one attached hydrogen (secondary N) is 1. The molecule has 60 valence electrons. The van der Waals surface area contributed by atoms with Crippen LogP contribution in [0.3, 0.4) is 0 Å². The maximum Gasteiger partial charge on any atom is 0.149 e. The van der Waals surface area contributed by atoms with Crippen molar-refractivity contribution in [1.29, 1.82) is 0 Å². The standard InChI is InChI=1S/C6H7BrFN3/c7-3-1-4(8)6(9)5(2-3)11-10/h1-2,11H,9-10H2. The van der Waals surface area contributed by atoms with E-state index in [9.17, 15) is 4.39 Å². The molecule has 0 atom stereocenters. The van der Waals surface area contributed by atoms with Crippen LogP contribution in [0.15, 0.2) is 16.6 Å². The van der Waals surface area contributed by atoms with Gasteiger partial charge in [-0.25, -0.2) is 4.39 Å². The van der Waals surface area contributed by atoms with E-state index in [2.05, 4.69) is 21.4 Å². The van der Waals surface area contributed by atoms with Crippen LogP contribution in [0.5, 0.6) is 0 Å². The monoisotopic (exact) mass is 219 g/mol. The highest BCUT2D eigenvalue weighted by molar-refractivity contribution is 9.10. The van der Waals surface area contributed by atoms with Crippen LogP contribution in [0.2, 0.25) is 0 Å². The third-order valence-electron chi connectivity index (χ3n) is 1.25. The Bertz CT molecular complexity index is 277. The number of hydrazine groups is 1. The van der Waals surface area contributed by atoms with Gasteiger partial charge in [-0.05, 0) is 12.1 Å². The van der Waals surface area contributed by atoms with Crippen molar-refractivity contribution >= 4 is 27.3 Å². The summed E-state index contributed by atoms with van der Waals surface area (Å²) in [6, 6.07) is 2.87. The highest BCUT2D eigenvalue weighted by atomic mass is 79.9. The Balaban J connectivity index is 3.24. The van der Waals surface area contributed by atoms with E-state index >= 15 is 0 Å². The molecule has 0 aromatic heterocycles. The molecule has 0 saturated heterocycles. The molecule has 0 saturated carbocycles. The second-order valence-electron chi connectivity index (χ2n) is 1.99. The van der Waals surface area contributed by atoms with Crippen LogP contribution in [0.25, 0.3) is 0 Å². The van der Waals surface area contributed by atoms with Gasteiger partial charge in [0.2, 0.25) is 0 Å². The third-order valence-corrected chi connectivity index (χ3v) is 1.71. The van der Waals surface area contributed by atoms with Gasteiger partial charge in [0.15, 0.2) is 0 Å². The third kappa shape index (κ3) is 1.61. The largest absolute Gasteiger partial charge is 0.395 e. The number of hydrogen-bond acceptors (Lipinski definition) is 3. The van der Waals surface area contributed by atoms with Gasteiger partial charge in [0.25, 0.3) is 0 Å². The van der Waals surface area contributed by atoms with E-state index < -0.39 is 5.82 Å². The number of benzene rings is 1. The molecule has 0 amide bonds. The highest BCUT2D eigenvalue weighted by Crippen LogP contribution is 2.25. The Labute approximate surface area is 71.7 Å². The van der Waals surface area contributed by atoms with Crippen LogP contribution in [-0.4, -0.2) is 0 Å². The number of rotatable bonds is 1. The van der Waals surface area contributed by atoms with Crippen LogP contribution in [0.1, 0.15) is 0 Å². The summed E-state index contributed by atoms with van der Waals surface area (Å²) in [6.07, 6.45) is 0. The van der Waals surface area contributed by atoms with Gasteiger partial charge in [0.05, 0.1) is 11.4 Å². The number of hydrogen-bond donors (Lipinski definition) is 3. The zero-order chi connectivity index (χ0) is 8.43. The summed E-state index contributed by atoms with van der Waals surface area (Å²) in [7, 11) is 0. The maximum absolute atomic E-state index is 12.8. The van der Waals surface area contributed by atoms with Crippen molar-refractivity contribution in [2.45, 2.75) is 0 Å². The van der Waals surface area contributed by atoms with Gasteiger partial charge in [0.1, 0.15) is 5.82 Å². The average molecular weight is 220 g/mol. The summed E-state index contributed by atoms with van der Waals surface area (Å²) in [5, 5.41) is 0. The summed E-state index contributed by atoms with van der Waals surface area (Å²) in [5.74, 6) is 4.58. The van der Waals surface area contributed by atoms with Gasteiger partial charge >= 0.3 is 0 Å². The van der Waals surface area contributed by atoms with E-state index in [1.54, 1.807) is 6.07 Å². The molecule has 5 N–H and O–H groups in total. The first kappa shape index (κ1) is 8.29. The molecule has 0 aliphatic rings. The van der Waals surface area contributed by atoms with Gasteiger partial charge in [-0.3, -0.25) is 5.84 Å². The Morgan fingerprint density at radius 1 is 1.45 bits per heavy atom. The molecule has 0 heterocycles. The second kappa shape index (κ2) is 3.06. The van der Waals surface area contributed by atoms with E-state index in [4.69, 9.17) is 11.6 Å². The van der Waals surface area contributed by atoms with Crippen molar-refractivity contribution in [2.24, 2.45) is 5.84 Å². The zero-order valence-electron chi connectivity index (χ0n) is 5.57. The minimum atomic E-state index is -0.493. The number of nitrogens with two attached hydrogens (primary N) is 2. The van der Waals surface area contributed by atoms with Crippen LogP contribution < -0.4 is 17.0 Å². The molecule has 0 bridgehead atoms. The molecule has 0 radical (unpaired) electrons. The van der Waals surface area contributed by atoms with E-state index in [1.807, 2.05) is 0 Å². The molecular weight excluding hydrogens is 213 g/mol. The summed E-state index contributed by atoms with van der Waals surface area (Å²) < 4.78 is 13.4. The smallest absolute Gasteiger partial charge is 0.149 e. The Kier molecular flexibility index (Phi) is 2.31. The fourth-order valence-corrected chi connectivity index (χ4v) is 1.13. The van der Waals surface area contributed by atoms with E-state index in [0.717, 1.165) is 0 Å². The fourth-order valence-electron chi connectivity index (χ4n) is 0.704. The topological polar surface area (TPSA) is 64.1 Å². The van der Waals surface area contributed by atoms with Crippen molar-refractivity contribution in [2.75, 3.05) is 11.2 Å². The first-order valence-corrected chi connectivity index (χ1v) is 3.65. The van der Waals surface area contributed by atoms with Crippen LogP contribution >= 0.6 is 15.9 Å². The lowest BCUT2D eigenvalue weighted by molar-refractivity contribution is 0.632. The lowest BCUT2D eigenvalue weighted by atomic mass is 10.2. The molecule has 0 spiro atoms. The van der Waals surface area contributed by atoms with Crippen molar-refractivity contribution < 1.29 is 4.39 Å². The van der Waals surface area contributed by atoms with E-state index in [1.165, 1.54) is 6.07 Å². The molecule has 0 unspecified atom stereocenters. The van der Waals surface area contributed by atoms with Gasteiger partial charge in [0, 0.05) is 4.47 Å². The number of anilines is 2. The van der Waals surface area contributed by atoms with Gasteiger partial charge in [-0.2, -0.15) is 0 Å². The SMILES string of the molecule is NNc1cc(Br)cc(F)c1N. The molecular formula is C6H7BrFN3. The van der Waals surface area contributed by atoms with Crippen molar-refractivity contribution in [3.05, 3.63) is 22.4 Å². The van der Waals surface area contributed by atoms with Crippen LogP contribution in [-0.2, 0) is 0 Å².